The molecule has 2 saturated heterocycles. The minimum absolute atomic E-state index is 0.190. The zero-order valence-corrected chi connectivity index (χ0v) is 17.6. The molecule has 0 spiro atoms. The Hall–Kier alpha value is -4.04. The third-order valence-corrected chi connectivity index (χ3v) is 5.78. The normalized spacial score (nSPS) is 21.9. The number of fused-ring (bicyclic) bond motifs is 1. The average Bonchev–Trinajstić information content (AvgIpc) is 3.32. The monoisotopic (exact) mass is 445 g/mol. The highest BCUT2D eigenvalue weighted by Gasteiger charge is 2.60. The lowest BCUT2D eigenvalue weighted by Gasteiger charge is -2.28. The van der Waals surface area contributed by atoms with Gasteiger partial charge in [-0.05, 0) is 54.1 Å². The summed E-state index contributed by atoms with van der Waals surface area (Å²) in [6.45, 7) is 1.42. The number of hydrogen-bond donors (Lipinski definition) is 1. The van der Waals surface area contributed by atoms with E-state index in [2.05, 4.69) is 5.32 Å². The zero-order valence-electron chi connectivity index (χ0n) is 17.6. The summed E-state index contributed by atoms with van der Waals surface area (Å²) in [6, 6.07) is 21.0. The van der Waals surface area contributed by atoms with Crippen molar-refractivity contribution in [1.29, 1.82) is 0 Å². The number of hydrogen-bond acceptors (Lipinski definition) is 5. The topological polar surface area (TPSA) is 79.0 Å². The van der Waals surface area contributed by atoms with Crippen LogP contribution in [0, 0.1) is 11.7 Å². The highest BCUT2D eigenvalue weighted by Crippen LogP contribution is 2.47. The van der Waals surface area contributed by atoms with Gasteiger partial charge in [0.15, 0.2) is 6.10 Å². The van der Waals surface area contributed by atoms with Gasteiger partial charge in [0.05, 0.1) is 17.4 Å². The molecule has 8 heteroatoms. The van der Waals surface area contributed by atoms with Gasteiger partial charge in [-0.3, -0.25) is 19.2 Å². The number of para-hydroxylation sites is 1. The molecule has 2 fully saturated rings. The van der Waals surface area contributed by atoms with Crippen molar-refractivity contribution in [2.24, 2.45) is 5.92 Å². The lowest BCUT2D eigenvalue weighted by molar-refractivity contribution is -0.126. The molecule has 0 unspecified atom stereocenters. The van der Waals surface area contributed by atoms with Crippen molar-refractivity contribution in [2.75, 3.05) is 15.3 Å². The Morgan fingerprint density at radius 2 is 1.55 bits per heavy atom. The van der Waals surface area contributed by atoms with E-state index in [-0.39, 0.29) is 5.91 Å². The van der Waals surface area contributed by atoms with E-state index in [1.165, 1.54) is 31.2 Å². The van der Waals surface area contributed by atoms with Crippen molar-refractivity contribution < 1.29 is 23.6 Å². The number of hydroxylamine groups is 1. The van der Waals surface area contributed by atoms with E-state index in [1.807, 2.05) is 30.3 Å². The van der Waals surface area contributed by atoms with Crippen molar-refractivity contribution in [1.82, 2.24) is 0 Å². The average molecular weight is 445 g/mol. The molecule has 0 aromatic heterocycles. The number of halogens is 1. The highest BCUT2D eigenvalue weighted by atomic mass is 19.1. The fourth-order valence-electron chi connectivity index (χ4n) is 4.36. The maximum atomic E-state index is 13.5. The van der Waals surface area contributed by atoms with E-state index in [0.717, 1.165) is 10.5 Å². The number of benzene rings is 3. The van der Waals surface area contributed by atoms with Crippen LogP contribution in [0.15, 0.2) is 78.9 Å². The fourth-order valence-corrected chi connectivity index (χ4v) is 4.36. The third kappa shape index (κ3) is 3.64. The first-order valence-electron chi connectivity index (χ1n) is 10.5. The van der Waals surface area contributed by atoms with Crippen LogP contribution in [0.25, 0.3) is 0 Å². The number of nitrogens with zero attached hydrogens (tertiary/aromatic N) is 2. The number of carbonyl (C=O) groups excluding carboxylic acids is 3. The Morgan fingerprint density at radius 3 is 2.18 bits per heavy atom. The second-order valence-electron chi connectivity index (χ2n) is 7.95. The first-order valence-corrected chi connectivity index (χ1v) is 10.5. The van der Waals surface area contributed by atoms with Crippen LogP contribution in [-0.2, 0) is 19.2 Å². The van der Waals surface area contributed by atoms with Gasteiger partial charge in [-0.25, -0.2) is 14.4 Å². The van der Waals surface area contributed by atoms with Gasteiger partial charge in [0.1, 0.15) is 11.7 Å². The molecule has 0 saturated carbocycles. The van der Waals surface area contributed by atoms with E-state index in [1.54, 1.807) is 29.3 Å². The summed E-state index contributed by atoms with van der Waals surface area (Å²) in [5.41, 5.74) is 2.38. The van der Waals surface area contributed by atoms with Gasteiger partial charge in [-0.1, -0.05) is 30.3 Å². The Morgan fingerprint density at radius 1 is 0.879 bits per heavy atom. The molecule has 2 heterocycles. The van der Waals surface area contributed by atoms with Crippen LogP contribution >= 0.6 is 0 Å². The molecule has 5 rings (SSSR count). The first kappa shape index (κ1) is 20.8. The predicted molar refractivity (Wildman–Crippen MR) is 120 cm³/mol. The Bertz CT molecular complexity index is 1210. The number of amides is 3. The standard InChI is InChI=1S/C25H20FN3O4/c1-15(30)27-18-11-7-16(8-12-18)22-21-23(33-29(22)20-5-3-2-4-6-20)25(32)28(24(21)31)19-13-9-17(26)10-14-19/h2-14,21-23H,1H3,(H,27,30)/t21-,22+,23-/m0/s1. The van der Waals surface area contributed by atoms with E-state index >= 15 is 0 Å². The predicted octanol–water partition coefficient (Wildman–Crippen LogP) is 3.84. The smallest absolute Gasteiger partial charge is 0.266 e. The summed E-state index contributed by atoms with van der Waals surface area (Å²) < 4.78 is 13.4. The van der Waals surface area contributed by atoms with Crippen LogP contribution in [0.4, 0.5) is 21.5 Å². The van der Waals surface area contributed by atoms with Crippen LogP contribution in [0.2, 0.25) is 0 Å². The van der Waals surface area contributed by atoms with Gasteiger partial charge < -0.3 is 5.32 Å². The Labute approximate surface area is 189 Å². The van der Waals surface area contributed by atoms with E-state index in [4.69, 9.17) is 4.84 Å². The Kier molecular flexibility index (Phi) is 5.14. The van der Waals surface area contributed by atoms with E-state index < -0.39 is 35.7 Å². The van der Waals surface area contributed by atoms with Gasteiger partial charge >= 0.3 is 0 Å². The molecule has 0 bridgehead atoms. The van der Waals surface area contributed by atoms with Crippen LogP contribution in [0.3, 0.4) is 0 Å². The number of rotatable bonds is 4. The van der Waals surface area contributed by atoms with Gasteiger partial charge in [-0.15, -0.1) is 0 Å². The lowest BCUT2D eigenvalue weighted by atomic mass is 9.90. The quantitative estimate of drug-likeness (QED) is 0.618. The molecule has 2 aliphatic heterocycles. The van der Waals surface area contributed by atoms with Crippen LogP contribution < -0.4 is 15.3 Å². The summed E-state index contributed by atoms with van der Waals surface area (Å²) in [5.74, 6) is -2.35. The molecule has 33 heavy (non-hydrogen) atoms. The van der Waals surface area contributed by atoms with Gasteiger partial charge in [0.2, 0.25) is 11.8 Å². The molecule has 166 valence electrons. The molecule has 3 atom stereocenters. The van der Waals surface area contributed by atoms with Gasteiger partial charge in [0, 0.05) is 12.6 Å². The van der Waals surface area contributed by atoms with Gasteiger partial charge in [-0.2, -0.15) is 0 Å². The van der Waals surface area contributed by atoms with Gasteiger partial charge in [0.25, 0.3) is 5.91 Å². The highest BCUT2D eigenvalue weighted by molar-refractivity contribution is 6.23. The van der Waals surface area contributed by atoms with E-state index in [9.17, 15) is 18.8 Å². The molecule has 3 amide bonds. The maximum Gasteiger partial charge on any atom is 0.266 e. The van der Waals surface area contributed by atoms with Crippen molar-refractivity contribution in [3.05, 3.63) is 90.2 Å². The SMILES string of the molecule is CC(=O)Nc1ccc([C@@H]2[C@@H]3C(=O)N(c4ccc(F)cc4)C(=O)[C@H]3ON2c2ccccc2)cc1. The summed E-state index contributed by atoms with van der Waals surface area (Å²) in [7, 11) is 0. The molecule has 1 N–H and O–H groups in total. The molecular weight excluding hydrogens is 425 g/mol. The molecule has 3 aromatic carbocycles. The molecule has 7 nitrogen and oxygen atoms in total. The van der Waals surface area contributed by atoms with E-state index in [0.29, 0.717) is 17.1 Å². The van der Waals surface area contributed by atoms with Crippen LogP contribution in [0.1, 0.15) is 18.5 Å². The maximum absolute atomic E-state index is 13.5. The first-order chi connectivity index (χ1) is 15.9. The second kappa shape index (κ2) is 8.14. The molecule has 3 aromatic rings. The molecular formula is C25H20FN3O4. The summed E-state index contributed by atoms with van der Waals surface area (Å²) in [6.07, 6.45) is -1.01. The summed E-state index contributed by atoms with van der Waals surface area (Å²) in [5, 5.41) is 4.31. The minimum Gasteiger partial charge on any atom is -0.326 e. The second-order valence-corrected chi connectivity index (χ2v) is 7.95. The summed E-state index contributed by atoms with van der Waals surface area (Å²) in [4.78, 5) is 45.2. The lowest BCUT2D eigenvalue weighted by Crippen LogP contribution is -2.37. The summed E-state index contributed by atoms with van der Waals surface area (Å²) >= 11 is 0. The number of imide groups is 1. The van der Waals surface area contributed by atoms with Crippen molar-refractivity contribution >= 4 is 34.8 Å². The third-order valence-electron chi connectivity index (χ3n) is 5.78. The largest absolute Gasteiger partial charge is 0.326 e. The van der Waals surface area contributed by atoms with Crippen molar-refractivity contribution in [3.8, 4) is 0 Å². The molecule has 2 aliphatic rings. The molecule has 0 aliphatic carbocycles. The number of carbonyl (C=O) groups is 3. The van der Waals surface area contributed by atoms with Crippen molar-refractivity contribution in [3.63, 3.8) is 0 Å². The number of nitrogens with one attached hydrogen (secondary N) is 1. The Balaban J connectivity index is 1.54. The van der Waals surface area contributed by atoms with Crippen LogP contribution in [0.5, 0.6) is 0 Å². The van der Waals surface area contributed by atoms with Crippen LogP contribution in [-0.4, -0.2) is 23.8 Å². The minimum atomic E-state index is -1.01. The number of anilines is 3. The molecule has 0 radical (unpaired) electrons. The van der Waals surface area contributed by atoms with Crippen molar-refractivity contribution in [2.45, 2.75) is 19.1 Å². The fraction of sp³-hybridized carbons (Fsp3) is 0.160. The zero-order chi connectivity index (χ0) is 23.1.